The summed E-state index contributed by atoms with van der Waals surface area (Å²) in [5, 5.41) is 9.59. The molecule has 3 heteroatoms. The second kappa shape index (κ2) is 4.80. The van der Waals surface area contributed by atoms with E-state index in [0.29, 0.717) is 6.42 Å². The molecule has 1 nitrogen and oxygen atoms in total. The summed E-state index contributed by atoms with van der Waals surface area (Å²) < 4.78 is 1.85. The fraction of sp³-hybridized carbons (Fsp3) is 0.200. The molecule has 0 radical (unpaired) electrons. The Morgan fingerprint density at radius 2 is 1.85 bits per heavy atom. The summed E-state index contributed by atoms with van der Waals surface area (Å²) in [6, 6.07) is 5.62. The monoisotopic (exact) mass is 302 g/mol. The van der Waals surface area contributed by atoms with Gasteiger partial charge in [0, 0.05) is 15.4 Å². The van der Waals surface area contributed by atoms with Gasteiger partial charge in [-0.05, 0) is 23.8 Å². The highest BCUT2D eigenvalue weighted by molar-refractivity contribution is 9.11. The first-order valence-electron chi connectivity index (χ1n) is 3.71. The molecule has 0 saturated heterocycles. The molecule has 0 aliphatic heterocycles. The van der Waals surface area contributed by atoms with Crippen LogP contribution in [-0.4, -0.2) is 5.11 Å². The third-order valence-corrected chi connectivity index (χ3v) is 2.50. The van der Waals surface area contributed by atoms with E-state index in [4.69, 9.17) is 6.42 Å². The zero-order valence-corrected chi connectivity index (χ0v) is 9.97. The minimum absolute atomic E-state index is 0.336. The smallest absolute Gasteiger partial charge is 0.0899 e. The number of terminal acetylenes is 1. The summed E-state index contributed by atoms with van der Waals surface area (Å²) in [6.07, 6.45) is 4.86. The van der Waals surface area contributed by atoms with Gasteiger partial charge in [-0.15, -0.1) is 12.3 Å². The van der Waals surface area contributed by atoms with Gasteiger partial charge in [-0.2, -0.15) is 0 Å². The van der Waals surface area contributed by atoms with Crippen LogP contribution in [0.2, 0.25) is 0 Å². The molecular weight excluding hydrogens is 296 g/mol. The van der Waals surface area contributed by atoms with E-state index >= 15 is 0 Å². The Hall–Kier alpha value is -0.300. The Morgan fingerprint density at radius 1 is 1.31 bits per heavy atom. The summed E-state index contributed by atoms with van der Waals surface area (Å²) in [6.45, 7) is 0. The lowest BCUT2D eigenvalue weighted by molar-refractivity contribution is 0.184. The molecule has 0 heterocycles. The fourth-order valence-corrected chi connectivity index (χ4v) is 2.33. The molecule has 0 aliphatic carbocycles. The first-order chi connectivity index (χ1) is 6.13. The summed E-state index contributed by atoms with van der Waals surface area (Å²) in [5.74, 6) is 2.42. The number of hydrogen-bond acceptors (Lipinski definition) is 1. The lowest BCUT2D eigenvalue weighted by atomic mass is 10.1. The fourth-order valence-electron chi connectivity index (χ4n) is 0.997. The zero-order chi connectivity index (χ0) is 9.84. The van der Waals surface area contributed by atoms with Crippen LogP contribution in [0, 0.1) is 12.3 Å². The molecule has 0 aliphatic rings. The quantitative estimate of drug-likeness (QED) is 0.832. The number of halogens is 2. The zero-order valence-electron chi connectivity index (χ0n) is 6.80. The molecular formula is C10H8Br2O. The molecule has 1 unspecified atom stereocenters. The highest BCUT2D eigenvalue weighted by Gasteiger charge is 2.06. The number of benzene rings is 1. The van der Waals surface area contributed by atoms with Crippen molar-refractivity contribution in [3.05, 3.63) is 32.7 Å². The van der Waals surface area contributed by atoms with Crippen molar-refractivity contribution in [3.63, 3.8) is 0 Å². The molecule has 1 aromatic rings. The lowest BCUT2D eigenvalue weighted by Gasteiger charge is -2.08. The van der Waals surface area contributed by atoms with Crippen LogP contribution < -0.4 is 0 Å². The van der Waals surface area contributed by atoms with Crippen molar-refractivity contribution in [1.29, 1.82) is 0 Å². The summed E-state index contributed by atoms with van der Waals surface area (Å²) >= 11 is 6.68. The predicted molar refractivity (Wildman–Crippen MR) is 60.3 cm³/mol. The lowest BCUT2D eigenvalue weighted by Crippen LogP contribution is -1.95. The van der Waals surface area contributed by atoms with E-state index in [1.807, 2.05) is 18.2 Å². The van der Waals surface area contributed by atoms with Gasteiger partial charge < -0.3 is 5.11 Å². The molecule has 0 bridgehead atoms. The molecule has 13 heavy (non-hydrogen) atoms. The largest absolute Gasteiger partial charge is 0.387 e. The minimum Gasteiger partial charge on any atom is -0.387 e. The third-order valence-electron chi connectivity index (χ3n) is 1.58. The molecule has 1 N–H and O–H groups in total. The van der Waals surface area contributed by atoms with Gasteiger partial charge in [-0.25, -0.2) is 0 Å². The van der Waals surface area contributed by atoms with Crippen LogP contribution in [0.25, 0.3) is 0 Å². The number of aliphatic hydroxyl groups excluding tert-OH is 1. The van der Waals surface area contributed by atoms with Crippen molar-refractivity contribution >= 4 is 31.9 Å². The summed E-state index contributed by atoms with van der Waals surface area (Å²) in [7, 11) is 0. The Morgan fingerprint density at radius 3 is 2.31 bits per heavy atom. The van der Waals surface area contributed by atoms with Crippen molar-refractivity contribution in [2.24, 2.45) is 0 Å². The SMILES string of the molecule is C#CCC(O)c1cc(Br)cc(Br)c1. The molecule has 0 aromatic heterocycles. The highest BCUT2D eigenvalue weighted by atomic mass is 79.9. The Balaban J connectivity index is 2.95. The van der Waals surface area contributed by atoms with Gasteiger partial charge in [-0.3, -0.25) is 0 Å². The van der Waals surface area contributed by atoms with Crippen molar-refractivity contribution in [2.75, 3.05) is 0 Å². The molecule has 68 valence electrons. The molecule has 0 saturated carbocycles. The molecule has 1 aromatic carbocycles. The van der Waals surface area contributed by atoms with Crippen LogP contribution in [0.3, 0.4) is 0 Å². The van der Waals surface area contributed by atoms with E-state index in [0.717, 1.165) is 14.5 Å². The van der Waals surface area contributed by atoms with Crippen molar-refractivity contribution in [2.45, 2.75) is 12.5 Å². The molecule has 1 rings (SSSR count). The maximum absolute atomic E-state index is 9.59. The van der Waals surface area contributed by atoms with Crippen LogP contribution in [-0.2, 0) is 0 Å². The normalized spacial score (nSPS) is 12.2. The van der Waals surface area contributed by atoms with Crippen LogP contribution in [0.15, 0.2) is 27.1 Å². The second-order valence-corrected chi connectivity index (χ2v) is 4.46. The van der Waals surface area contributed by atoms with Crippen molar-refractivity contribution in [1.82, 2.24) is 0 Å². The Kier molecular flexibility index (Phi) is 3.98. The Bertz CT molecular complexity index is 321. The molecule has 1 atom stereocenters. The first kappa shape index (κ1) is 10.8. The maximum Gasteiger partial charge on any atom is 0.0899 e. The predicted octanol–water partition coefficient (Wildman–Crippen LogP) is 3.27. The number of rotatable bonds is 2. The number of hydrogen-bond donors (Lipinski definition) is 1. The molecule has 0 amide bonds. The Labute approximate surface area is 94.4 Å². The van der Waals surface area contributed by atoms with Gasteiger partial charge in [-0.1, -0.05) is 31.9 Å². The average Bonchev–Trinajstić information content (AvgIpc) is 2.03. The van der Waals surface area contributed by atoms with Gasteiger partial charge in [0.2, 0.25) is 0 Å². The van der Waals surface area contributed by atoms with Gasteiger partial charge in [0.05, 0.1) is 6.10 Å². The van der Waals surface area contributed by atoms with E-state index in [1.54, 1.807) is 0 Å². The second-order valence-electron chi connectivity index (χ2n) is 2.63. The van der Waals surface area contributed by atoms with Crippen LogP contribution >= 0.6 is 31.9 Å². The maximum atomic E-state index is 9.59. The third kappa shape index (κ3) is 3.15. The standard InChI is InChI=1S/C10H8Br2O/c1-2-3-10(13)7-4-8(11)6-9(12)5-7/h1,4-6,10,13H,3H2. The van der Waals surface area contributed by atoms with Gasteiger partial charge in [0.25, 0.3) is 0 Å². The summed E-state index contributed by atoms with van der Waals surface area (Å²) in [4.78, 5) is 0. The first-order valence-corrected chi connectivity index (χ1v) is 5.29. The topological polar surface area (TPSA) is 20.2 Å². The van der Waals surface area contributed by atoms with E-state index in [2.05, 4.69) is 37.8 Å². The molecule has 0 spiro atoms. The summed E-state index contributed by atoms with van der Waals surface area (Å²) in [5.41, 5.74) is 0.819. The number of aliphatic hydroxyl groups is 1. The van der Waals surface area contributed by atoms with E-state index in [-0.39, 0.29) is 0 Å². The van der Waals surface area contributed by atoms with E-state index in [1.165, 1.54) is 0 Å². The van der Waals surface area contributed by atoms with E-state index in [9.17, 15) is 5.11 Å². The van der Waals surface area contributed by atoms with Crippen LogP contribution in [0.1, 0.15) is 18.1 Å². The van der Waals surface area contributed by atoms with Crippen LogP contribution in [0.4, 0.5) is 0 Å². The van der Waals surface area contributed by atoms with Crippen molar-refractivity contribution in [3.8, 4) is 12.3 Å². The van der Waals surface area contributed by atoms with Gasteiger partial charge >= 0.3 is 0 Å². The molecule has 0 fully saturated rings. The minimum atomic E-state index is -0.584. The van der Waals surface area contributed by atoms with Crippen molar-refractivity contribution < 1.29 is 5.11 Å². The van der Waals surface area contributed by atoms with Gasteiger partial charge in [0.1, 0.15) is 0 Å². The highest BCUT2D eigenvalue weighted by Crippen LogP contribution is 2.25. The van der Waals surface area contributed by atoms with Crippen LogP contribution in [0.5, 0.6) is 0 Å². The van der Waals surface area contributed by atoms with E-state index < -0.39 is 6.10 Å². The average molecular weight is 304 g/mol. The van der Waals surface area contributed by atoms with Gasteiger partial charge in [0.15, 0.2) is 0 Å².